The molecule has 1 N–H and O–H groups in total. The zero-order valence-corrected chi connectivity index (χ0v) is 7.65. The smallest absolute Gasteiger partial charge is 0.147 e. The van der Waals surface area contributed by atoms with E-state index in [1.807, 2.05) is 0 Å². The summed E-state index contributed by atoms with van der Waals surface area (Å²) in [5.74, 6) is 0.693. The van der Waals surface area contributed by atoms with E-state index in [0.29, 0.717) is 11.7 Å². The lowest BCUT2D eigenvalue weighted by Crippen LogP contribution is -2.33. The lowest BCUT2D eigenvalue weighted by molar-refractivity contribution is 0.404. The average molecular weight is 177 g/mol. The highest BCUT2D eigenvalue weighted by Crippen LogP contribution is 2.11. The summed E-state index contributed by atoms with van der Waals surface area (Å²) < 4.78 is 21.7. The third-order valence-electron chi connectivity index (χ3n) is 1.94. The molecule has 1 fully saturated rings. The monoisotopic (exact) mass is 177 g/mol. The molecule has 3 nitrogen and oxygen atoms in total. The summed E-state index contributed by atoms with van der Waals surface area (Å²) in [6, 6.07) is 0. The number of hydrogen-bond acceptors (Lipinski definition) is 3. The van der Waals surface area contributed by atoms with Crippen LogP contribution in [0, 0.1) is 5.92 Å². The summed E-state index contributed by atoms with van der Waals surface area (Å²) >= 11 is 0. The minimum Gasteiger partial charge on any atom is -0.316 e. The minimum absolute atomic E-state index is 0.346. The molecule has 66 valence electrons. The van der Waals surface area contributed by atoms with Gasteiger partial charge in [-0.2, -0.15) is 0 Å². The Labute approximate surface area is 68.1 Å². The topological polar surface area (TPSA) is 46.2 Å². The zero-order valence-electron chi connectivity index (χ0n) is 6.84. The normalized spacial score (nSPS) is 26.8. The molecule has 0 bridgehead atoms. The van der Waals surface area contributed by atoms with Crippen molar-refractivity contribution in [3.63, 3.8) is 0 Å². The maximum absolute atomic E-state index is 10.9. The Kier molecular flexibility index (Phi) is 2.90. The molecule has 0 spiro atoms. The molecule has 0 aromatic rings. The van der Waals surface area contributed by atoms with E-state index in [9.17, 15) is 8.42 Å². The van der Waals surface area contributed by atoms with Crippen molar-refractivity contribution in [2.45, 2.75) is 12.8 Å². The fraction of sp³-hybridized carbons (Fsp3) is 1.00. The second-order valence-electron chi connectivity index (χ2n) is 3.30. The maximum Gasteiger partial charge on any atom is 0.147 e. The predicted octanol–water partition coefficient (Wildman–Crippen LogP) is 0.0306. The SMILES string of the molecule is CS(=O)(=O)C[C@@H]1CCCNC1. The third kappa shape index (κ3) is 3.72. The first kappa shape index (κ1) is 9.00. The van der Waals surface area contributed by atoms with E-state index in [1.54, 1.807) is 0 Å². The van der Waals surface area contributed by atoms with Gasteiger partial charge in [-0.1, -0.05) is 0 Å². The molecule has 0 amide bonds. The molecular formula is C7H15NO2S. The van der Waals surface area contributed by atoms with Crippen LogP contribution in [0.5, 0.6) is 0 Å². The second kappa shape index (κ2) is 3.54. The van der Waals surface area contributed by atoms with Crippen LogP contribution in [0.3, 0.4) is 0 Å². The molecule has 1 aliphatic rings. The van der Waals surface area contributed by atoms with Gasteiger partial charge in [-0.3, -0.25) is 0 Å². The molecule has 0 aromatic carbocycles. The molecule has 1 heterocycles. The van der Waals surface area contributed by atoms with Gasteiger partial charge >= 0.3 is 0 Å². The molecule has 1 rings (SSSR count). The highest BCUT2D eigenvalue weighted by Gasteiger charge is 2.17. The molecule has 0 aromatic heterocycles. The molecule has 1 saturated heterocycles. The Hall–Kier alpha value is -0.0900. The van der Waals surface area contributed by atoms with Gasteiger partial charge in [-0.25, -0.2) is 8.42 Å². The highest BCUT2D eigenvalue weighted by atomic mass is 32.2. The zero-order chi connectivity index (χ0) is 8.32. The second-order valence-corrected chi connectivity index (χ2v) is 5.49. The Bertz CT molecular complexity index is 204. The molecular weight excluding hydrogens is 162 g/mol. The van der Waals surface area contributed by atoms with E-state index in [-0.39, 0.29) is 0 Å². The van der Waals surface area contributed by atoms with E-state index in [1.165, 1.54) is 6.26 Å². The quantitative estimate of drug-likeness (QED) is 0.647. The van der Waals surface area contributed by atoms with Crippen LogP contribution >= 0.6 is 0 Å². The molecule has 11 heavy (non-hydrogen) atoms. The fourth-order valence-electron chi connectivity index (χ4n) is 1.49. The van der Waals surface area contributed by atoms with Crippen LogP contribution in [0.1, 0.15) is 12.8 Å². The van der Waals surface area contributed by atoms with Gasteiger partial charge in [-0.05, 0) is 31.8 Å². The lowest BCUT2D eigenvalue weighted by atomic mass is 10.0. The first-order chi connectivity index (χ1) is 5.08. The van der Waals surface area contributed by atoms with Crippen LogP contribution in [-0.4, -0.2) is 33.5 Å². The van der Waals surface area contributed by atoms with Gasteiger partial charge in [0, 0.05) is 6.26 Å². The standard InChI is InChI=1S/C7H15NO2S/c1-11(9,10)6-7-3-2-4-8-5-7/h7-8H,2-6H2,1H3/t7-/m1/s1. The average Bonchev–Trinajstić information content (AvgIpc) is 1.85. The Morgan fingerprint density at radius 1 is 1.55 bits per heavy atom. The van der Waals surface area contributed by atoms with Crippen LogP contribution in [0.15, 0.2) is 0 Å². The van der Waals surface area contributed by atoms with Crippen LogP contribution in [0.2, 0.25) is 0 Å². The molecule has 0 unspecified atom stereocenters. The van der Waals surface area contributed by atoms with Crippen molar-refractivity contribution in [3.05, 3.63) is 0 Å². The molecule has 4 heteroatoms. The van der Waals surface area contributed by atoms with E-state index < -0.39 is 9.84 Å². The molecule has 0 radical (unpaired) electrons. The summed E-state index contributed by atoms with van der Waals surface area (Å²) in [5.41, 5.74) is 0. The number of nitrogens with one attached hydrogen (secondary N) is 1. The van der Waals surface area contributed by atoms with Gasteiger partial charge in [-0.15, -0.1) is 0 Å². The van der Waals surface area contributed by atoms with Crippen molar-refractivity contribution in [1.82, 2.24) is 5.32 Å². The van der Waals surface area contributed by atoms with Gasteiger partial charge < -0.3 is 5.32 Å². The summed E-state index contributed by atoms with van der Waals surface area (Å²) in [7, 11) is -2.76. The number of piperidine rings is 1. The Balaban J connectivity index is 2.36. The van der Waals surface area contributed by atoms with Crippen molar-refractivity contribution < 1.29 is 8.42 Å². The summed E-state index contributed by atoms with van der Waals surface area (Å²) in [5, 5.41) is 3.19. The van der Waals surface area contributed by atoms with Crippen LogP contribution in [0.4, 0.5) is 0 Å². The Morgan fingerprint density at radius 2 is 2.27 bits per heavy atom. The van der Waals surface area contributed by atoms with Gasteiger partial charge in [0.15, 0.2) is 0 Å². The van der Waals surface area contributed by atoms with Crippen molar-refractivity contribution in [2.24, 2.45) is 5.92 Å². The van der Waals surface area contributed by atoms with Gasteiger partial charge in [0.05, 0.1) is 5.75 Å². The minimum atomic E-state index is -2.76. The molecule has 1 atom stereocenters. The predicted molar refractivity (Wildman–Crippen MR) is 45.3 cm³/mol. The van der Waals surface area contributed by atoms with E-state index in [2.05, 4.69) is 5.32 Å². The third-order valence-corrected chi connectivity index (χ3v) is 3.01. The first-order valence-corrected chi connectivity index (χ1v) is 6.02. The van der Waals surface area contributed by atoms with Gasteiger partial charge in [0.2, 0.25) is 0 Å². The van der Waals surface area contributed by atoms with Gasteiger partial charge in [0.25, 0.3) is 0 Å². The Morgan fingerprint density at radius 3 is 2.73 bits per heavy atom. The van der Waals surface area contributed by atoms with Crippen LogP contribution in [0.25, 0.3) is 0 Å². The number of hydrogen-bond donors (Lipinski definition) is 1. The molecule has 0 aliphatic carbocycles. The van der Waals surface area contributed by atoms with Crippen molar-refractivity contribution in [2.75, 3.05) is 25.1 Å². The first-order valence-electron chi connectivity index (χ1n) is 3.96. The number of rotatable bonds is 2. The summed E-state index contributed by atoms with van der Waals surface area (Å²) in [4.78, 5) is 0. The maximum atomic E-state index is 10.9. The largest absolute Gasteiger partial charge is 0.316 e. The fourth-order valence-corrected chi connectivity index (χ4v) is 2.64. The highest BCUT2D eigenvalue weighted by molar-refractivity contribution is 7.90. The molecule has 0 saturated carbocycles. The van der Waals surface area contributed by atoms with E-state index in [0.717, 1.165) is 25.9 Å². The van der Waals surface area contributed by atoms with Crippen LogP contribution < -0.4 is 5.32 Å². The van der Waals surface area contributed by atoms with Crippen LogP contribution in [-0.2, 0) is 9.84 Å². The summed E-state index contributed by atoms with van der Waals surface area (Å²) in [6.07, 6.45) is 3.47. The van der Waals surface area contributed by atoms with Crippen molar-refractivity contribution >= 4 is 9.84 Å². The lowest BCUT2D eigenvalue weighted by Gasteiger charge is -2.21. The summed E-state index contributed by atoms with van der Waals surface area (Å²) in [6.45, 7) is 1.91. The molecule has 1 aliphatic heterocycles. The van der Waals surface area contributed by atoms with E-state index in [4.69, 9.17) is 0 Å². The number of sulfone groups is 1. The van der Waals surface area contributed by atoms with Crippen molar-refractivity contribution in [1.29, 1.82) is 0 Å². The van der Waals surface area contributed by atoms with Gasteiger partial charge in [0.1, 0.15) is 9.84 Å². The van der Waals surface area contributed by atoms with E-state index >= 15 is 0 Å². The van der Waals surface area contributed by atoms with Crippen molar-refractivity contribution in [3.8, 4) is 0 Å².